The van der Waals surface area contributed by atoms with Gasteiger partial charge in [0.15, 0.2) is 5.82 Å². The number of anilines is 1. The molecule has 1 saturated heterocycles. The quantitative estimate of drug-likeness (QED) is 0.710. The van der Waals surface area contributed by atoms with Crippen molar-refractivity contribution in [1.29, 1.82) is 0 Å². The zero-order valence-corrected chi connectivity index (χ0v) is 9.95. The van der Waals surface area contributed by atoms with Crippen LogP contribution in [0.3, 0.4) is 0 Å². The Morgan fingerprint density at radius 3 is 3.12 bits per heavy atom. The lowest BCUT2D eigenvalue weighted by atomic mass is 10.1. The van der Waals surface area contributed by atoms with Crippen LogP contribution in [0.2, 0.25) is 0 Å². The molecule has 94 valence electrons. The zero-order valence-electron chi connectivity index (χ0n) is 9.95. The summed E-state index contributed by atoms with van der Waals surface area (Å²) in [5.41, 5.74) is 6.76. The number of H-pyrrole nitrogens is 1. The highest BCUT2D eigenvalue weighted by atomic mass is 16.5. The van der Waals surface area contributed by atoms with Gasteiger partial charge in [0.2, 0.25) is 0 Å². The van der Waals surface area contributed by atoms with Gasteiger partial charge in [0, 0.05) is 25.5 Å². The first-order chi connectivity index (χ1) is 8.18. The fourth-order valence-electron chi connectivity index (χ4n) is 2.02. The molecule has 6 nitrogen and oxygen atoms in total. The number of nitrogen functional groups attached to an aromatic ring is 1. The molecule has 1 aliphatic rings. The minimum absolute atomic E-state index is 0.160. The minimum Gasteiger partial charge on any atom is -0.382 e. The number of ether oxygens (including phenoxy) is 1. The number of rotatable bonds is 4. The first-order valence-corrected chi connectivity index (χ1v) is 5.85. The molecule has 1 atom stereocenters. The van der Waals surface area contributed by atoms with Gasteiger partial charge in [0.25, 0.3) is 5.91 Å². The van der Waals surface area contributed by atoms with Gasteiger partial charge in [-0.25, -0.2) is 0 Å². The van der Waals surface area contributed by atoms with Gasteiger partial charge in [-0.3, -0.25) is 9.89 Å². The Morgan fingerprint density at radius 1 is 1.71 bits per heavy atom. The monoisotopic (exact) mass is 238 g/mol. The Bertz CT molecular complexity index is 377. The van der Waals surface area contributed by atoms with Gasteiger partial charge >= 0.3 is 0 Å². The topological polar surface area (TPSA) is 93.0 Å². The van der Waals surface area contributed by atoms with E-state index in [0.29, 0.717) is 23.7 Å². The van der Waals surface area contributed by atoms with Crippen LogP contribution in [0.5, 0.6) is 0 Å². The number of hydrogen-bond donors (Lipinski definition) is 3. The van der Waals surface area contributed by atoms with Gasteiger partial charge in [-0.1, -0.05) is 0 Å². The summed E-state index contributed by atoms with van der Waals surface area (Å²) in [7, 11) is 0. The minimum atomic E-state index is -0.160. The Kier molecular flexibility index (Phi) is 3.63. The summed E-state index contributed by atoms with van der Waals surface area (Å²) in [6.07, 6.45) is 2.03. The molecular weight excluding hydrogens is 220 g/mol. The SMILES string of the molecule is Cc1[nH]nc(N)c1C(=O)NCCC1CCOC1. The van der Waals surface area contributed by atoms with Crippen LogP contribution < -0.4 is 11.1 Å². The number of aromatic amines is 1. The van der Waals surface area contributed by atoms with E-state index >= 15 is 0 Å². The molecule has 1 aromatic rings. The lowest BCUT2D eigenvalue weighted by Gasteiger charge is -2.08. The standard InChI is InChI=1S/C11H18N4O2/c1-7-9(10(12)15-14-7)11(16)13-4-2-8-3-5-17-6-8/h8H,2-6H2,1H3,(H,13,16)(H3,12,14,15). The highest BCUT2D eigenvalue weighted by Gasteiger charge is 2.18. The second kappa shape index (κ2) is 5.18. The van der Waals surface area contributed by atoms with Crippen molar-refractivity contribution in [2.75, 3.05) is 25.5 Å². The Labute approximate surface area is 99.9 Å². The van der Waals surface area contributed by atoms with Crippen molar-refractivity contribution in [3.63, 3.8) is 0 Å². The molecule has 4 N–H and O–H groups in total. The predicted octanol–water partition coefficient (Wildman–Crippen LogP) is 0.457. The van der Waals surface area contributed by atoms with E-state index in [2.05, 4.69) is 15.5 Å². The molecule has 1 aromatic heterocycles. The molecule has 0 aliphatic carbocycles. The van der Waals surface area contributed by atoms with E-state index < -0.39 is 0 Å². The second-order valence-electron chi connectivity index (χ2n) is 4.38. The van der Waals surface area contributed by atoms with Crippen LogP contribution in [0.15, 0.2) is 0 Å². The summed E-state index contributed by atoms with van der Waals surface area (Å²) in [4.78, 5) is 11.8. The van der Waals surface area contributed by atoms with Crippen molar-refractivity contribution >= 4 is 11.7 Å². The first-order valence-electron chi connectivity index (χ1n) is 5.85. The normalized spacial score (nSPS) is 19.5. The maximum Gasteiger partial charge on any atom is 0.256 e. The summed E-state index contributed by atoms with van der Waals surface area (Å²) >= 11 is 0. The Morgan fingerprint density at radius 2 is 2.53 bits per heavy atom. The highest BCUT2D eigenvalue weighted by molar-refractivity contribution is 5.99. The van der Waals surface area contributed by atoms with Crippen LogP contribution in [0.25, 0.3) is 0 Å². The summed E-state index contributed by atoms with van der Waals surface area (Å²) in [6.45, 7) is 4.08. The van der Waals surface area contributed by atoms with Gasteiger partial charge in [-0.15, -0.1) is 0 Å². The fourth-order valence-corrected chi connectivity index (χ4v) is 2.02. The molecule has 17 heavy (non-hydrogen) atoms. The average molecular weight is 238 g/mol. The molecule has 1 aliphatic heterocycles. The van der Waals surface area contributed by atoms with Crippen molar-refractivity contribution in [3.05, 3.63) is 11.3 Å². The molecule has 6 heteroatoms. The Hall–Kier alpha value is -1.56. The largest absolute Gasteiger partial charge is 0.382 e. The molecule has 1 unspecified atom stereocenters. The molecule has 0 aromatic carbocycles. The van der Waals surface area contributed by atoms with E-state index in [4.69, 9.17) is 10.5 Å². The van der Waals surface area contributed by atoms with E-state index in [9.17, 15) is 4.79 Å². The van der Waals surface area contributed by atoms with E-state index in [-0.39, 0.29) is 11.7 Å². The van der Waals surface area contributed by atoms with E-state index in [0.717, 1.165) is 26.1 Å². The van der Waals surface area contributed by atoms with Gasteiger partial charge in [-0.05, 0) is 25.7 Å². The van der Waals surface area contributed by atoms with Gasteiger partial charge < -0.3 is 15.8 Å². The second-order valence-corrected chi connectivity index (χ2v) is 4.38. The number of nitrogens with zero attached hydrogens (tertiary/aromatic N) is 1. The number of amides is 1. The Balaban J connectivity index is 1.81. The molecule has 1 fully saturated rings. The highest BCUT2D eigenvalue weighted by Crippen LogP contribution is 2.16. The van der Waals surface area contributed by atoms with Crippen molar-refractivity contribution in [1.82, 2.24) is 15.5 Å². The number of nitrogens with two attached hydrogens (primary N) is 1. The third-order valence-electron chi connectivity index (χ3n) is 3.06. The van der Waals surface area contributed by atoms with Crippen LogP contribution in [0.4, 0.5) is 5.82 Å². The van der Waals surface area contributed by atoms with Crippen LogP contribution in [0.1, 0.15) is 28.9 Å². The van der Waals surface area contributed by atoms with Crippen LogP contribution in [0, 0.1) is 12.8 Å². The summed E-state index contributed by atoms with van der Waals surface area (Å²) in [5.74, 6) is 0.662. The molecule has 2 rings (SSSR count). The number of nitrogens with one attached hydrogen (secondary N) is 2. The number of aromatic nitrogens is 2. The van der Waals surface area contributed by atoms with Crippen LogP contribution in [-0.4, -0.2) is 35.9 Å². The van der Waals surface area contributed by atoms with Crippen molar-refractivity contribution < 1.29 is 9.53 Å². The molecule has 0 spiro atoms. The van der Waals surface area contributed by atoms with E-state index in [1.54, 1.807) is 6.92 Å². The molecule has 2 heterocycles. The van der Waals surface area contributed by atoms with Gasteiger partial charge in [-0.2, -0.15) is 5.10 Å². The molecule has 0 saturated carbocycles. The van der Waals surface area contributed by atoms with Crippen LogP contribution >= 0.6 is 0 Å². The molecule has 1 amide bonds. The maximum absolute atomic E-state index is 11.8. The van der Waals surface area contributed by atoms with E-state index in [1.807, 2.05) is 0 Å². The smallest absolute Gasteiger partial charge is 0.256 e. The molecule has 0 bridgehead atoms. The predicted molar refractivity (Wildman–Crippen MR) is 63.6 cm³/mol. The van der Waals surface area contributed by atoms with Crippen LogP contribution in [-0.2, 0) is 4.74 Å². The van der Waals surface area contributed by atoms with E-state index in [1.165, 1.54) is 0 Å². The fraction of sp³-hybridized carbons (Fsp3) is 0.636. The number of carbonyl (C=O) groups is 1. The average Bonchev–Trinajstić information content (AvgIpc) is 2.89. The van der Waals surface area contributed by atoms with Crippen molar-refractivity contribution in [3.8, 4) is 0 Å². The number of carbonyl (C=O) groups excluding carboxylic acids is 1. The summed E-state index contributed by atoms with van der Waals surface area (Å²) in [6, 6.07) is 0. The maximum atomic E-state index is 11.8. The number of aryl methyl sites for hydroxylation is 1. The third kappa shape index (κ3) is 2.76. The van der Waals surface area contributed by atoms with Crippen molar-refractivity contribution in [2.45, 2.75) is 19.8 Å². The van der Waals surface area contributed by atoms with Crippen molar-refractivity contribution in [2.24, 2.45) is 5.92 Å². The summed E-state index contributed by atoms with van der Waals surface area (Å²) < 4.78 is 5.28. The van der Waals surface area contributed by atoms with Gasteiger partial charge in [0.05, 0.1) is 0 Å². The third-order valence-corrected chi connectivity index (χ3v) is 3.06. The lowest BCUT2D eigenvalue weighted by Crippen LogP contribution is -2.27. The lowest BCUT2D eigenvalue weighted by molar-refractivity contribution is 0.0951. The van der Waals surface area contributed by atoms with Gasteiger partial charge in [0.1, 0.15) is 5.56 Å². The first kappa shape index (κ1) is 11.9. The molecular formula is C11H18N4O2. The molecule has 0 radical (unpaired) electrons. The zero-order chi connectivity index (χ0) is 12.3. The number of hydrogen-bond acceptors (Lipinski definition) is 4. The summed E-state index contributed by atoms with van der Waals surface area (Å²) in [5, 5.41) is 9.35.